The topological polar surface area (TPSA) is 44.1 Å². The Kier molecular flexibility index (Phi) is 6.05. The summed E-state index contributed by atoms with van der Waals surface area (Å²) in [5.74, 6) is 0.317. The van der Waals surface area contributed by atoms with Crippen molar-refractivity contribution in [3.8, 4) is 5.75 Å². The van der Waals surface area contributed by atoms with Crippen molar-refractivity contribution in [3.05, 3.63) is 57.0 Å². The molecule has 0 aliphatic heterocycles. The maximum Gasteiger partial charge on any atom is 0.289 e. The Labute approximate surface area is 148 Å². The maximum absolute atomic E-state index is 12.3. The van der Waals surface area contributed by atoms with E-state index in [0.29, 0.717) is 12.4 Å². The first-order valence-corrected chi connectivity index (χ1v) is 8.69. The van der Waals surface area contributed by atoms with Crippen LogP contribution in [0.1, 0.15) is 51.7 Å². The van der Waals surface area contributed by atoms with E-state index in [9.17, 15) is 4.79 Å². The van der Waals surface area contributed by atoms with E-state index in [4.69, 9.17) is 16.3 Å². The van der Waals surface area contributed by atoms with Gasteiger partial charge in [-0.25, -0.2) is 4.68 Å². The number of ether oxygens (including phenoxy) is 1. The molecule has 24 heavy (non-hydrogen) atoms. The van der Waals surface area contributed by atoms with Gasteiger partial charge in [0, 0.05) is 0 Å². The number of halogens is 1. The van der Waals surface area contributed by atoms with E-state index in [2.05, 4.69) is 24.2 Å². The van der Waals surface area contributed by atoms with Gasteiger partial charge >= 0.3 is 0 Å². The van der Waals surface area contributed by atoms with E-state index in [0.717, 1.165) is 12.0 Å². The minimum atomic E-state index is -0.423. The molecule has 0 saturated carbocycles. The molecule has 0 fully saturated rings. The third kappa shape index (κ3) is 4.60. The van der Waals surface area contributed by atoms with Crippen LogP contribution in [0.5, 0.6) is 5.75 Å². The van der Waals surface area contributed by atoms with Gasteiger partial charge in [0.1, 0.15) is 6.61 Å². The molecule has 0 radical (unpaired) electrons. The van der Waals surface area contributed by atoms with E-state index < -0.39 is 5.54 Å². The van der Waals surface area contributed by atoms with E-state index in [1.165, 1.54) is 29.3 Å². The second-order valence-electron chi connectivity index (χ2n) is 6.92. The molecule has 2 aromatic rings. The van der Waals surface area contributed by atoms with Gasteiger partial charge in [-0.3, -0.25) is 4.79 Å². The van der Waals surface area contributed by atoms with Crippen molar-refractivity contribution in [1.29, 1.82) is 0 Å². The minimum Gasteiger partial charge on any atom is -0.485 e. The van der Waals surface area contributed by atoms with Gasteiger partial charge in [0.25, 0.3) is 5.56 Å². The molecule has 4 nitrogen and oxygen atoms in total. The lowest BCUT2D eigenvalue weighted by Crippen LogP contribution is -2.36. The van der Waals surface area contributed by atoms with Crippen LogP contribution in [0.25, 0.3) is 0 Å². The van der Waals surface area contributed by atoms with E-state index >= 15 is 0 Å². The van der Waals surface area contributed by atoms with Crippen LogP contribution >= 0.6 is 11.6 Å². The van der Waals surface area contributed by atoms with Gasteiger partial charge in [-0.05, 0) is 44.7 Å². The van der Waals surface area contributed by atoms with Gasteiger partial charge in [-0.1, -0.05) is 49.2 Å². The standard InChI is InChI=1S/C19H25ClN2O2/c1-5-6-7-14-8-10-15(11-9-14)13-24-16-12-21-22(19(2,3)4)18(23)17(16)20/h8-12H,5-7,13H2,1-4H3. The zero-order valence-corrected chi connectivity index (χ0v) is 15.6. The molecule has 0 amide bonds. The van der Waals surface area contributed by atoms with Crippen molar-refractivity contribution in [2.75, 3.05) is 0 Å². The first-order chi connectivity index (χ1) is 11.3. The summed E-state index contributed by atoms with van der Waals surface area (Å²) in [6.07, 6.45) is 4.99. The predicted octanol–water partition coefficient (Wildman–Crippen LogP) is 4.57. The summed E-state index contributed by atoms with van der Waals surface area (Å²) in [4.78, 5) is 12.3. The van der Waals surface area contributed by atoms with Gasteiger partial charge in [-0.15, -0.1) is 0 Å². The Hall–Kier alpha value is -1.81. The zero-order valence-electron chi connectivity index (χ0n) is 14.8. The summed E-state index contributed by atoms with van der Waals surface area (Å²) in [7, 11) is 0. The number of benzene rings is 1. The molecular weight excluding hydrogens is 324 g/mol. The van der Waals surface area contributed by atoms with Crippen LogP contribution in [-0.4, -0.2) is 9.78 Å². The number of aromatic nitrogens is 2. The van der Waals surface area contributed by atoms with Crippen LogP contribution in [-0.2, 0) is 18.6 Å². The highest BCUT2D eigenvalue weighted by atomic mass is 35.5. The third-order valence-corrected chi connectivity index (χ3v) is 4.11. The SMILES string of the molecule is CCCCc1ccc(COc2cnn(C(C)(C)C)c(=O)c2Cl)cc1. The maximum atomic E-state index is 12.3. The molecule has 0 spiro atoms. The molecule has 0 aliphatic carbocycles. The molecule has 130 valence electrons. The van der Waals surface area contributed by atoms with E-state index in [1.54, 1.807) is 0 Å². The number of hydrogen-bond acceptors (Lipinski definition) is 3. The zero-order chi connectivity index (χ0) is 17.7. The Morgan fingerprint density at radius 2 is 1.79 bits per heavy atom. The highest BCUT2D eigenvalue weighted by Gasteiger charge is 2.19. The van der Waals surface area contributed by atoms with Gasteiger partial charge in [-0.2, -0.15) is 5.10 Å². The van der Waals surface area contributed by atoms with E-state index in [-0.39, 0.29) is 10.6 Å². The Balaban J connectivity index is 2.07. The molecule has 0 atom stereocenters. The van der Waals surface area contributed by atoms with Gasteiger partial charge in [0.2, 0.25) is 0 Å². The third-order valence-electron chi connectivity index (χ3n) is 3.76. The van der Waals surface area contributed by atoms with Crippen LogP contribution in [0.2, 0.25) is 5.02 Å². The average molecular weight is 349 g/mol. The molecule has 5 heteroatoms. The van der Waals surface area contributed by atoms with Crippen molar-refractivity contribution in [1.82, 2.24) is 9.78 Å². The molecule has 0 aliphatic rings. The fourth-order valence-corrected chi connectivity index (χ4v) is 2.52. The van der Waals surface area contributed by atoms with Crippen LogP contribution in [0.15, 0.2) is 35.3 Å². The smallest absolute Gasteiger partial charge is 0.289 e. The van der Waals surface area contributed by atoms with Crippen molar-refractivity contribution < 1.29 is 4.74 Å². The fraction of sp³-hybridized carbons (Fsp3) is 0.474. The second-order valence-corrected chi connectivity index (χ2v) is 7.30. The molecule has 0 saturated heterocycles. The van der Waals surface area contributed by atoms with Crippen molar-refractivity contribution >= 4 is 11.6 Å². The molecule has 1 aromatic heterocycles. The lowest BCUT2D eigenvalue weighted by Gasteiger charge is -2.21. The van der Waals surface area contributed by atoms with Crippen molar-refractivity contribution in [2.45, 2.75) is 59.1 Å². The highest BCUT2D eigenvalue weighted by molar-refractivity contribution is 6.31. The Bertz CT molecular complexity index is 731. The van der Waals surface area contributed by atoms with Crippen molar-refractivity contribution in [2.24, 2.45) is 0 Å². The summed E-state index contributed by atoms with van der Waals surface area (Å²) in [5.41, 5.74) is 1.60. The Morgan fingerprint density at radius 3 is 2.38 bits per heavy atom. The molecule has 1 aromatic carbocycles. The normalized spacial score (nSPS) is 11.5. The molecule has 0 unspecified atom stereocenters. The number of aryl methyl sites for hydroxylation is 1. The highest BCUT2D eigenvalue weighted by Crippen LogP contribution is 2.22. The monoisotopic (exact) mass is 348 g/mol. The van der Waals surface area contributed by atoms with Crippen LogP contribution in [0, 0.1) is 0 Å². The minimum absolute atomic E-state index is 0.0690. The quantitative estimate of drug-likeness (QED) is 0.767. The predicted molar refractivity (Wildman–Crippen MR) is 97.9 cm³/mol. The van der Waals surface area contributed by atoms with E-state index in [1.807, 2.05) is 32.9 Å². The fourth-order valence-electron chi connectivity index (χ4n) is 2.34. The molecule has 2 rings (SSSR count). The summed E-state index contributed by atoms with van der Waals surface area (Å²) in [6, 6.07) is 8.32. The van der Waals surface area contributed by atoms with Crippen LogP contribution in [0.3, 0.4) is 0 Å². The average Bonchev–Trinajstić information content (AvgIpc) is 2.54. The second kappa shape index (κ2) is 7.84. The lowest BCUT2D eigenvalue weighted by molar-refractivity contribution is 0.292. The largest absolute Gasteiger partial charge is 0.485 e. The Morgan fingerprint density at radius 1 is 1.17 bits per heavy atom. The van der Waals surface area contributed by atoms with Gasteiger partial charge in [0.15, 0.2) is 10.8 Å². The van der Waals surface area contributed by atoms with Gasteiger partial charge in [0.05, 0.1) is 11.7 Å². The number of unbranched alkanes of at least 4 members (excludes halogenated alkanes) is 1. The number of hydrogen-bond donors (Lipinski definition) is 0. The lowest BCUT2D eigenvalue weighted by atomic mass is 10.1. The number of nitrogens with zero attached hydrogens (tertiary/aromatic N) is 2. The molecule has 1 heterocycles. The summed E-state index contributed by atoms with van der Waals surface area (Å²) < 4.78 is 7.05. The molecule has 0 bridgehead atoms. The van der Waals surface area contributed by atoms with Gasteiger partial charge < -0.3 is 4.74 Å². The summed E-state index contributed by atoms with van der Waals surface area (Å²) in [6.45, 7) is 8.25. The first kappa shape index (κ1) is 18.5. The van der Waals surface area contributed by atoms with Crippen molar-refractivity contribution in [3.63, 3.8) is 0 Å². The molecule has 0 N–H and O–H groups in total. The first-order valence-electron chi connectivity index (χ1n) is 8.32. The summed E-state index contributed by atoms with van der Waals surface area (Å²) in [5, 5.41) is 4.23. The summed E-state index contributed by atoms with van der Waals surface area (Å²) >= 11 is 6.15. The van der Waals surface area contributed by atoms with Crippen LogP contribution in [0.4, 0.5) is 0 Å². The molecular formula is C19H25ClN2O2. The van der Waals surface area contributed by atoms with Crippen LogP contribution < -0.4 is 10.3 Å². The number of rotatable bonds is 6.